The zero-order valence-corrected chi connectivity index (χ0v) is 20.6. The summed E-state index contributed by atoms with van der Waals surface area (Å²) < 4.78 is 17.9. The van der Waals surface area contributed by atoms with Gasteiger partial charge in [0.1, 0.15) is 6.33 Å². The molecule has 180 valence electrons. The fourth-order valence-corrected chi connectivity index (χ4v) is 5.42. The van der Waals surface area contributed by atoms with E-state index in [1.807, 2.05) is 27.0 Å². The first-order valence-electron chi connectivity index (χ1n) is 12.1. The van der Waals surface area contributed by atoms with Crippen LogP contribution in [0.4, 0.5) is 4.39 Å². The van der Waals surface area contributed by atoms with E-state index >= 15 is 4.39 Å². The summed E-state index contributed by atoms with van der Waals surface area (Å²) in [6, 6.07) is 2.07. The summed E-state index contributed by atoms with van der Waals surface area (Å²) in [5.74, 6) is -0.00774. The number of fused-ring (bicyclic) bond motifs is 2. The van der Waals surface area contributed by atoms with Gasteiger partial charge in [0.15, 0.2) is 11.5 Å². The van der Waals surface area contributed by atoms with Crippen molar-refractivity contribution in [3.8, 4) is 11.3 Å². The van der Waals surface area contributed by atoms with Gasteiger partial charge in [-0.15, -0.1) is 0 Å². The largest absolute Gasteiger partial charge is 0.389 e. The molecule has 0 atom stereocenters. The minimum absolute atomic E-state index is 0.0783. The highest BCUT2D eigenvalue weighted by atomic mass is 19.1. The van der Waals surface area contributed by atoms with E-state index in [0.29, 0.717) is 17.6 Å². The predicted molar refractivity (Wildman–Crippen MR) is 132 cm³/mol. The fourth-order valence-electron chi connectivity index (χ4n) is 5.42. The zero-order valence-electron chi connectivity index (χ0n) is 20.6. The van der Waals surface area contributed by atoms with Crippen LogP contribution in [0.15, 0.2) is 24.8 Å². The van der Waals surface area contributed by atoms with E-state index in [4.69, 9.17) is 0 Å². The molecule has 5 rings (SSSR count). The summed E-state index contributed by atoms with van der Waals surface area (Å²) in [6.07, 6.45) is 6.94. The minimum Gasteiger partial charge on any atom is -0.389 e. The molecule has 1 saturated heterocycles. The van der Waals surface area contributed by atoms with E-state index in [1.54, 1.807) is 17.0 Å². The number of aromatic nitrogens is 5. The van der Waals surface area contributed by atoms with Gasteiger partial charge in [0.2, 0.25) is 0 Å². The van der Waals surface area contributed by atoms with Gasteiger partial charge in [-0.3, -0.25) is 4.98 Å². The van der Waals surface area contributed by atoms with Crippen LogP contribution in [0.3, 0.4) is 0 Å². The van der Waals surface area contributed by atoms with E-state index in [1.165, 1.54) is 0 Å². The standard InChI is InChI=1S/C26H33FN6O/c1-15(2)20-21-19(31-23(20)18-10-16(3)25-29-14-30-33(25)12-18)11-28-24(22(21)27)17-6-8-32(9-7-17)13-26(4,5)34/h10-12,14-15,17,31,34H,6-9,13H2,1-5H3. The van der Waals surface area contributed by atoms with Crippen LogP contribution in [0.1, 0.15) is 69.2 Å². The highest BCUT2D eigenvalue weighted by molar-refractivity contribution is 5.92. The number of β-amino-alcohol motifs (C(OH)–C–C–N with tert-alkyl or cyclic N) is 1. The average molecular weight is 465 g/mol. The molecule has 7 nitrogen and oxygen atoms in total. The first-order chi connectivity index (χ1) is 16.1. The van der Waals surface area contributed by atoms with Gasteiger partial charge in [-0.2, -0.15) is 5.10 Å². The molecule has 4 aromatic rings. The van der Waals surface area contributed by atoms with E-state index in [2.05, 4.69) is 44.9 Å². The van der Waals surface area contributed by atoms with Crippen LogP contribution in [-0.2, 0) is 0 Å². The van der Waals surface area contributed by atoms with Crippen molar-refractivity contribution in [3.05, 3.63) is 47.4 Å². The van der Waals surface area contributed by atoms with Crippen LogP contribution in [-0.4, -0.2) is 59.8 Å². The van der Waals surface area contributed by atoms with Gasteiger partial charge < -0.3 is 15.0 Å². The minimum atomic E-state index is -0.726. The number of nitrogens with one attached hydrogen (secondary N) is 1. The van der Waals surface area contributed by atoms with Crippen molar-refractivity contribution in [2.75, 3.05) is 19.6 Å². The van der Waals surface area contributed by atoms with Crippen LogP contribution < -0.4 is 0 Å². The molecule has 0 aliphatic carbocycles. The molecule has 0 bridgehead atoms. The molecule has 4 aromatic heterocycles. The number of halogens is 1. The zero-order chi connectivity index (χ0) is 24.2. The van der Waals surface area contributed by atoms with Crippen LogP contribution in [0.2, 0.25) is 0 Å². The summed E-state index contributed by atoms with van der Waals surface area (Å²) in [5.41, 5.74) is 5.21. The molecule has 0 radical (unpaired) electrons. The number of nitrogens with zero attached hydrogens (tertiary/aromatic N) is 5. The topological polar surface area (TPSA) is 82.3 Å². The molecule has 2 N–H and O–H groups in total. The Morgan fingerprint density at radius 2 is 1.97 bits per heavy atom. The van der Waals surface area contributed by atoms with E-state index < -0.39 is 5.60 Å². The summed E-state index contributed by atoms with van der Waals surface area (Å²) in [6.45, 7) is 12.2. The van der Waals surface area contributed by atoms with Gasteiger partial charge in [-0.1, -0.05) is 13.8 Å². The van der Waals surface area contributed by atoms with Crippen LogP contribution in [0.25, 0.3) is 27.8 Å². The molecule has 34 heavy (non-hydrogen) atoms. The second-order valence-electron chi connectivity index (χ2n) is 10.6. The second-order valence-corrected chi connectivity index (χ2v) is 10.6. The molecule has 8 heteroatoms. The maximum Gasteiger partial charge on any atom is 0.158 e. The number of aromatic amines is 1. The molecule has 0 saturated carbocycles. The fraction of sp³-hybridized carbons (Fsp3) is 0.500. The molecule has 1 fully saturated rings. The Morgan fingerprint density at radius 3 is 2.65 bits per heavy atom. The van der Waals surface area contributed by atoms with E-state index in [9.17, 15) is 5.11 Å². The first kappa shape index (κ1) is 22.9. The van der Waals surface area contributed by atoms with Gasteiger partial charge in [0, 0.05) is 29.6 Å². The number of pyridine rings is 2. The van der Waals surface area contributed by atoms with Crippen molar-refractivity contribution >= 4 is 16.6 Å². The third-order valence-electron chi connectivity index (χ3n) is 6.85. The lowest BCUT2D eigenvalue weighted by molar-refractivity contribution is 0.0279. The van der Waals surface area contributed by atoms with Gasteiger partial charge in [0.05, 0.1) is 28.7 Å². The maximum atomic E-state index is 16.1. The van der Waals surface area contributed by atoms with Gasteiger partial charge in [-0.05, 0) is 69.8 Å². The monoisotopic (exact) mass is 464 g/mol. The van der Waals surface area contributed by atoms with Crippen molar-refractivity contribution in [1.82, 2.24) is 29.5 Å². The number of H-pyrrole nitrogens is 1. The smallest absolute Gasteiger partial charge is 0.158 e. The molecule has 0 unspecified atom stereocenters. The SMILES string of the molecule is Cc1cc(-c2[nH]c3cnc(C4CCN(CC(C)(C)O)CC4)c(F)c3c2C(C)C)cn2ncnc12. The summed E-state index contributed by atoms with van der Waals surface area (Å²) >= 11 is 0. The second kappa shape index (κ2) is 8.43. The average Bonchev–Trinajstić information content (AvgIpc) is 3.39. The molecule has 0 aromatic carbocycles. The lowest BCUT2D eigenvalue weighted by atomic mass is 9.90. The molecule has 0 spiro atoms. The maximum absolute atomic E-state index is 16.1. The van der Waals surface area contributed by atoms with E-state index in [0.717, 1.165) is 59.5 Å². The number of aliphatic hydroxyl groups is 1. The van der Waals surface area contributed by atoms with Crippen molar-refractivity contribution in [2.45, 2.75) is 64.9 Å². The molecular formula is C26H33FN6O. The Kier molecular flexibility index (Phi) is 5.68. The van der Waals surface area contributed by atoms with E-state index in [-0.39, 0.29) is 17.7 Å². The summed E-state index contributed by atoms with van der Waals surface area (Å²) in [4.78, 5) is 14.6. The summed E-state index contributed by atoms with van der Waals surface area (Å²) in [7, 11) is 0. The van der Waals surface area contributed by atoms with Crippen molar-refractivity contribution in [3.63, 3.8) is 0 Å². The summed E-state index contributed by atoms with van der Waals surface area (Å²) in [5, 5.41) is 15.1. The predicted octanol–water partition coefficient (Wildman–Crippen LogP) is 4.79. The molecule has 5 heterocycles. The Bertz CT molecular complexity index is 1340. The van der Waals surface area contributed by atoms with Crippen LogP contribution in [0.5, 0.6) is 0 Å². The number of hydrogen-bond acceptors (Lipinski definition) is 5. The van der Waals surface area contributed by atoms with Gasteiger partial charge >= 0.3 is 0 Å². The quantitative estimate of drug-likeness (QED) is 0.444. The van der Waals surface area contributed by atoms with Crippen molar-refractivity contribution < 1.29 is 9.50 Å². The van der Waals surface area contributed by atoms with Crippen molar-refractivity contribution in [1.29, 1.82) is 0 Å². The number of aryl methyl sites for hydroxylation is 1. The lowest BCUT2D eigenvalue weighted by Crippen LogP contribution is -2.42. The third-order valence-corrected chi connectivity index (χ3v) is 6.85. The van der Waals surface area contributed by atoms with Crippen molar-refractivity contribution in [2.24, 2.45) is 0 Å². The highest BCUT2D eigenvalue weighted by Gasteiger charge is 2.29. The Labute approximate surface area is 199 Å². The Balaban J connectivity index is 1.54. The third kappa shape index (κ3) is 4.09. The highest BCUT2D eigenvalue weighted by Crippen LogP contribution is 2.40. The van der Waals surface area contributed by atoms with Gasteiger partial charge in [-0.25, -0.2) is 13.9 Å². The van der Waals surface area contributed by atoms with Crippen LogP contribution >= 0.6 is 0 Å². The number of piperidine rings is 1. The van der Waals surface area contributed by atoms with Crippen LogP contribution in [0, 0.1) is 12.7 Å². The molecule has 1 aliphatic rings. The lowest BCUT2D eigenvalue weighted by Gasteiger charge is -2.35. The number of rotatable bonds is 5. The molecular weight excluding hydrogens is 431 g/mol. The number of hydrogen-bond donors (Lipinski definition) is 2. The molecule has 0 amide bonds. The number of likely N-dealkylation sites (tertiary alicyclic amines) is 1. The molecule has 1 aliphatic heterocycles. The normalized spacial score (nSPS) is 16.4. The first-order valence-corrected chi connectivity index (χ1v) is 12.1. The Morgan fingerprint density at radius 1 is 1.24 bits per heavy atom. The Hall–Kier alpha value is -2.84. The van der Waals surface area contributed by atoms with Gasteiger partial charge in [0.25, 0.3) is 0 Å².